The van der Waals surface area contributed by atoms with Gasteiger partial charge in [0, 0.05) is 5.41 Å². The van der Waals surface area contributed by atoms with Gasteiger partial charge in [-0.2, -0.15) is 0 Å². The number of ketones is 2. The van der Waals surface area contributed by atoms with E-state index in [4.69, 9.17) is 5.73 Å². The first-order valence-corrected chi connectivity index (χ1v) is 5.11. The van der Waals surface area contributed by atoms with Crippen molar-refractivity contribution in [3.8, 4) is 0 Å². The van der Waals surface area contributed by atoms with Crippen LogP contribution < -0.4 is 5.73 Å². The van der Waals surface area contributed by atoms with E-state index in [0.29, 0.717) is 12.8 Å². The van der Waals surface area contributed by atoms with Crippen molar-refractivity contribution in [2.45, 2.75) is 33.6 Å². The molecule has 0 aromatic heterocycles. The minimum absolute atomic E-state index is 0.413. The first-order chi connectivity index (χ1) is 6.72. The van der Waals surface area contributed by atoms with Crippen molar-refractivity contribution in [2.24, 2.45) is 22.0 Å². The molecule has 2 rings (SSSR count). The Bertz CT molecular complexity index is 399. The summed E-state index contributed by atoms with van der Waals surface area (Å²) >= 11 is 0. The van der Waals surface area contributed by atoms with Gasteiger partial charge in [-0.3, -0.25) is 14.4 Å². The molecular weight excluding hydrogens is 194 g/mol. The van der Waals surface area contributed by atoms with Crippen LogP contribution in [0.1, 0.15) is 33.6 Å². The third kappa shape index (κ3) is 0.713. The molecule has 2 N–H and O–H groups in total. The summed E-state index contributed by atoms with van der Waals surface area (Å²) in [5.41, 5.74) is 2.73. The second-order valence-corrected chi connectivity index (χ2v) is 5.38. The van der Waals surface area contributed by atoms with Gasteiger partial charge in [0.25, 0.3) is 0 Å². The average molecular weight is 209 g/mol. The molecule has 0 heterocycles. The molecule has 0 saturated heterocycles. The molecule has 2 fully saturated rings. The van der Waals surface area contributed by atoms with E-state index >= 15 is 0 Å². The highest BCUT2D eigenvalue weighted by atomic mass is 16.2. The van der Waals surface area contributed by atoms with E-state index in [9.17, 15) is 14.4 Å². The van der Waals surface area contributed by atoms with Gasteiger partial charge in [0.1, 0.15) is 5.41 Å². The van der Waals surface area contributed by atoms with Crippen LogP contribution in [0.5, 0.6) is 0 Å². The molecule has 2 saturated carbocycles. The van der Waals surface area contributed by atoms with E-state index in [0.717, 1.165) is 0 Å². The lowest BCUT2D eigenvalue weighted by Gasteiger charge is -2.35. The maximum atomic E-state index is 11.9. The van der Waals surface area contributed by atoms with Crippen LogP contribution in [0.15, 0.2) is 0 Å². The van der Waals surface area contributed by atoms with Crippen molar-refractivity contribution in [3.05, 3.63) is 0 Å². The topological polar surface area (TPSA) is 77.2 Å². The minimum atomic E-state index is -1.25. The van der Waals surface area contributed by atoms with Gasteiger partial charge in [0.05, 0.1) is 0 Å². The fraction of sp³-hybridized carbons (Fsp3) is 0.727. The first kappa shape index (κ1) is 10.3. The van der Waals surface area contributed by atoms with Crippen molar-refractivity contribution in [3.63, 3.8) is 0 Å². The molecule has 0 radical (unpaired) electrons. The van der Waals surface area contributed by atoms with Gasteiger partial charge in [-0.1, -0.05) is 20.8 Å². The second kappa shape index (κ2) is 2.31. The van der Waals surface area contributed by atoms with Gasteiger partial charge in [-0.25, -0.2) is 0 Å². The number of nitrogens with two attached hydrogens (primary N) is 1. The maximum absolute atomic E-state index is 11.9. The van der Waals surface area contributed by atoms with E-state index < -0.39 is 33.7 Å². The van der Waals surface area contributed by atoms with Crippen molar-refractivity contribution in [1.29, 1.82) is 0 Å². The van der Waals surface area contributed by atoms with Crippen LogP contribution in [0.2, 0.25) is 0 Å². The predicted octanol–water partition coefficient (Wildman–Crippen LogP) is 0.436. The molecule has 2 bridgehead atoms. The average Bonchev–Trinajstić information content (AvgIpc) is 2.39. The lowest BCUT2D eigenvalue weighted by Crippen LogP contribution is -2.48. The summed E-state index contributed by atoms with van der Waals surface area (Å²) in [6.07, 6.45) is 0.990. The lowest BCUT2D eigenvalue weighted by molar-refractivity contribution is -0.148. The molecule has 0 aliphatic heterocycles. The lowest BCUT2D eigenvalue weighted by atomic mass is 9.64. The third-order valence-corrected chi connectivity index (χ3v) is 4.96. The fourth-order valence-corrected chi connectivity index (χ4v) is 3.32. The van der Waals surface area contributed by atoms with Gasteiger partial charge < -0.3 is 5.73 Å². The fourth-order valence-electron chi connectivity index (χ4n) is 3.32. The van der Waals surface area contributed by atoms with Crippen molar-refractivity contribution in [1.82, 2.24) is 0 Å². The van der Waals surface area contributed by atoms with E-state index in [1.807, 2.05) is 0 Å². The maximum Gasteiger partial charge on any atom is 0.232 e. The molecule has 2 atom stereocenters. The molecule has 0 spiro atoms. The van der Waals surface area contributed by atoms with E-state index in [2.05, 4.69) is 0 Å². The Morgan fingerprint density at radius 1 is 1.13 bits per heavy atom. The number of hydrogen-bond donors (Lipinski definition) is 1. The number of carbonyl (C=O) groups excluding carboxylic acids is 3. The second-order valence-electron chi connectivity index (χ2n) is 5.38. The molecule has 15 heavy (non-hydrogen) atoms. The monoisotopic (exact) mass is 209 g/mol. The number of primary amides is 1. The summed E-state index contributed by atoms with van der Waals surface area (Å²) in [5.74, 6) is -1.64. The standard InChI is InChI=1S/C11H15NO3/c1-9(2)10(3)4-5-11(9,8(12)15)7(14)6(10)13/h4-5H2,1-3H3,(H2,12,15)/t10-,11+/m0/s1. The van der Waals surface area contributed by atoms with Crippen LogP contribution in [0.25, 0.3) is 0 Å². The number of carbonyl (C=O) groups is 3. The summed E-state index contributed by atoms with van der Waals surface area (Å²) in [4.78, 5) is 35.3. The zero-order valence-corrected chi connectivity index (χ0v) is 9.22. The minimum Gasteiger partial charge on any atom is -0.369 e. The molecular formula is C11H15NO3. The zero-order valence-electron chi connectivity index (χ0n) is 9.22. The van der Waals surface area contributed by atoms with E-state index in [1.165, 1.54) is 0 Å². The van der Waals surface area contributed by atoms with Crippen LogP contribution in [0.3, 0.4) is 0 Å². The largest absolute Gasteiger partial charge is 0.369 e. The number of Topliss-reactive ketones (excluding diaryl/α,β-unsaturated/α-hetero) is 2. The van der Waals surface area contributed by atoms with Gasteiger partial charge in [0.15, 0.2) is 0 Å². The molecule has 82 valence electrons. The predicted molar refractivity (Wildman–Crippen MR) is 52.8 cm³/mol. The Morgan fingerprint density at radius 3 is 1.93 bits per heavy atom. The van der Waals surface area contributed by atoms with Gasteiger partial charge in [-0.15, -0.1) is 0 Å². The van der Waals surface area contributed by atoms with Gasteiger partial charge in [-0.05, 0) is 18.3 Å². The smallest absolute Gasteiger partial charge is 0.232 e. The summed E-state index contributed by atoms with van der Waals surface area (Å²) in [7, 11) is 0. The van der Waals surface area contributed by atoms with Crippen LogP contribution in [0, 0.1) is 16.2 Å². The van der Waals surface area contributed by atoms with Crippen molar-refractivity contribution in [2.75, 3.05) is 0 Å². The molecule has 1 amide bonds. The van der Waals surface area contributed by atoms with Crippen molar-refractivity contribution >= 4 is 17.5 Å². The number of hydrogen-bond acceptors (Lipinski definition) is 3. The zero-order chi connectivity index (χ0) is 11.6. The Morgan fingerprint density at radius 2 is 1.67 bits per heavy atom. The Balaban J connectivity index is 2.73. The third-order valence-electron chi connectivity index (χ3n) is 4.96. The van der Waals surface area contributed by atoms with Gasteiger partial charge in [0.2, 0.25) is 17.5 Å². The molecule has 4 heteroatoms. The Hall–Kier alpha value is -1.19. The number of rotatable bonds is 1. The molecule has 4 nitrogen and oxygen atoms in total. The Kier molecular flexibility index (Phi) is 1.59. The Labute approximate surface area is 88.2 Å². The SMILES string of the molecule is CC1(C)[C@]2(C(N)=O)CC[C@@]1(C)C(=O)C2=O. The summed E-state index contributed by atoms with van der Waals surface area (Å²) < 4.78 is 0. The van der Waals surface area contributed by atoms with Crippen molar-refractivity contribution < 1.29 is 14.4 Å². The van der Waals surface area contributed by atoms with Gasteiger partial charge >= 0.3 is 0 Å². The van der Waals surface area contributed by atoms with E-state index in [1.54, 1.807) is 20.8 Å². The summed E-state index contributed by atoms with van der Waals surface area (Å²) in [6.45, 7) is 5.37. The first-order valence-electron chi connectivity index (χ1n) is 5.11. The van der Waals surface area contributed by atoms with E-state index in [-0.39, 0.29) is 0 Å². The normalized spacial score (nSPS) is 42.3. The molecule has 0 aromatic carbocycles. The number of amides is 1. The highest BCUT2D eigenvalue weighted by Gasteiger charge is 2.77. The van der Waals surface area contributed by atoms with Crippen LogP contribution in [0.4, 0.5) is 0 Å². The summed E-state index contributed by atoms with van der Waals surface area (Å²) in [5, 5.41) is 0. The molecule has 2 aliphatic carbocycles. The molecule has 0 unspecified atom stereocenters. The van der Waals surface area contributed by atoms with Crippen LogP contribution in [-0.4, -0.2) is 17.5 Å². The quantitative estimate of drug-likeness (QED) is 0.502. The molecule has 2 aliphatic rings. The molecule has 0 aromatic rings. The highest BCUT2D eigenvalue weighted by Crippen LogP contribution is 2.68. The summed E-state index contributed by atoms with van der Waals surface area (Å²) in [6, 6.07) is 0. The van der Waals surface area contributed by atoms with Crippen LogP contribution in [-0.2, 0) is 14.4 Å². The van der Waals surface area contributed by atoms with Crippen LogP contribution >= 0.6 is 0 Å². The number of fused-ring (bicyclic) bond motifs is 2. The highest BCUT2D eigenvalue weighted by molar-refractivity contribution is 6.48.